The molecule has 2 N–H and O–H groups in total. The summed E-state index contributed by atoms with van der Waals surface area (Å²) in [5, 5.41) is 19.0. The predicted molar refractivity (Wildman–Crippen MR) is 107 cm³/mol. The van der Waals surface area contributed by atoms with Gasteiger partial charge < -0.3 is 14.6 Å². The summed E-state index contributed by atoms with van der Waals surface area (Å²) in [6.45, 7) is 2.01. The highest BCUT2D eigenvalue weighted by Gasteiger charge is 2.09. The van der Waals surface area contributed by atoms with Crippen LogP contribution < -0.4 is 0 Å². The van der Waals surface area contributed by atoms with Crippen molar-refractivity contribution in [2.45, 2.75) is 6.92 Å². The molecule has 0 fully saturated rings. The second-order valence-electron chi connectivity index (χ2n) is 6.38. The average molecular weight is 372 g/mol. The molecule has 0 aliphatic carbocycles. The number of aliphatic imine (C=N–C) groups is 1. The van der Waals surface area contributed by atoms with E-state index in [2.05, 4.69) is 9.98 Å². The maximum Gasteiger partial charge on any atom is 0.335 e. The molecule has 0 aliphatic heterocycles. The number of hydrogen-bond donors (Lipinski definition) is 2. The van der Waals surface area contributed by atoms with E-state index in [1.54, 1.807) is 18.2 Å². The molecule has 4 rings (SSSR count). The van der Waals surface area contributed by atoms with Crippen LogP contribution in [0.1, 0.15) is 21.5 Å². The Balaban J connectivity index is 1.66. The third kappa shape index (κ3) is 3.48. The summed E-state index contributed by atoms with van der Waals surface area (Å²) in [6, 6.07) is 17.3. The lowest BCUT2D eigenvalue weighted by molar-refractivity contribution is 0.0697. The molecule has 0 radical (unpaired) electrons. The van der Waals surface area contributed by atoms with Crippen LogP contribution in [-0.4, -0.2) is 27.4 Å². The fourth-order valence-corrected chi connectivity index (χ4v) is 2.83. The maximum absolute atomic E-state index is 11.1. The number of rotatable bonds is 4. The molecule has 0 atom stereocenters. The molecule has 0 unspecified atom stereocenters. The summed E-state index contributed by atoms with van der Waals surface area (Å²) in [4.78, 5) is 19.9. The summed E-state index contributed by atoms with van der Waals surface area (Å²) < 4.78 is 5.82. The topological polar surface area (TPSA) is 95.9 Å². The van der Waals surface area contributed by atoms with Crippen LogP contribution in [0.2, 0.25) is 0 Å². The normalized spacial score (nSPS) is 11.3. The van der Waals surface area contributed by atoms with Crippen LogP contribution in [0.25, 0.3) is 22.6 Å². The summed E-state index contributed by atoms with van der Waals surface area (Å²) in [7, 11) is 0. The van der Waals surface area contributed by atoms with Crippen LogP contribution in [0.4, 0.5) is 5.69 Å². The van der Waals surface area contributed by atoms with E-state index < -0.39 is 5.97 Å². The number of carboxylic acids is 1. The molecule has 3 aromatic carbocycles. The third-order valence-electron chi connectivity index (χ3n) is 4.26. The number of aryl methyl sites for hydroxylation is 1. The van der Waals surface area contributed by atoms with Gasteiger partial charge >= 0.3 is 5.97 Å². The number of aromatic carboxylic acids is 1. The average Bonchev–Trinajstić information content (AvgIpc) is 3.10. The summed E-state index contributed by atoms with van der Waals surface area (Å²) in [6.07, 6.45) is 1.42. The number of aromatic hydroxyl groups is 1. The lowest BCUT2D eigenvalue weighted by atomic mass is 10.1. The highest BCUT2D eigenvalue weighted by atomic mass is 16.4. The fourth-order valence-electron chi connectivity index (χ4n) is 2.83. The smallest absolute Gasteiger partial charge is 0.335 e. The molecule has 1 aromatic heterocycles. The first-order valence-corrected chi connectivity index (χ1v) is 8.57. The van der Waals surface area contributed by atoms with E-state index in [-0.39, 0.29) is 11.3 Å². The minimum absolute atomic E-state index is 0.0435. The highest BCUT2D eigenvalue weighted by Crippen LogP contribution is 2.28. The van der Waals surface area contributed by atoms with Crippen molar-refractivity contribution in [1.29, 1.82) is 0 Å². The van der Waals surface area contributed by atoms with Crippen molar-refractivity contribution in [2.75, 3.05) is 0 Å². The van der Waals surface area contributed by atoms with E-state index in [9.17, 15) is 9.90 Å². The van der Waals surface area contributed by atoms with Crippen LogP contribution in [0.15, 0.2) is 70.1 Å². The highest BCUT2D eigenvalue weighted by molar-refractivity contribution is 5.93. The molecular weight excluding hydrogens is 356 g/mol. The molecule has 138 valence electrons. The van der Waals surface area contributed by atoms with Crippen molar-refractivity contribution in [3.05, 3.63) is 77.4 Å². The Morgan fingerprint density at radius 3 is 2.75 bits per heavy atom. The van der Waals surface area contributed by atoms with Crippen molar-refractivity contribution < 1.29 is 19.4 Å². The van der Waals surface area contributed by atoms with Gasteiger partial charge in [-0.3, -0.25) is 4.99 Å². The van der Waals surface area contributed by atoms with E-state index in [4.69, 9.17) is 9.52 Å². The number of oxazole rings is 1. The number of aromatic nitrogens is 1. The van der Waals surface area contributed by atoms with E-state index in [1.165, 1.54) is 24.4 Å². The molecule has 0 saturated heterocycles. The Morgan fingerprint density at radius 2 is 1.96 bits per heavy atom. The number of carboxylic acid groups (broad SMARTS) is 1. The molecule has 4 aromatic rings. The number of hydrogen-bond acceptors (Lipinski definition) is 5. The minimum Gasteiger partial charge on any atom is -0.507 e. The van der Waals surface area contributed by atoms with Crippen LogP contribution in [0.3, 0.4) is 0 Å². The number of nitrogens with zero attached hydrogens (tertiary/aromatic N) is 2. The van der Waals surface area contributed by atoms with Crippen molar-refractivity contribution in [2.24, 2.45) is 4.99 Å². The van der Waals surface area contributed by atoms with E-state index in [0.29, 0.717) is 28.2 Å². The summed E-state index contributed by atoms with van der Waals surface area (Å²) in [5.74, 6) is -0.577. The van der Waals surface area contributed by atoms with Gasteiger partial charge in [-0.1, -0.05) is 17.7 Å². The van der Waals surface area contributed by atoms with Gasteiger partial charge in [-0.25, -0.2) is 9.78 Å². The van der Waals surface area contributed by atoms with Crippen LogP contribution in [-0.2, 0) is 0 Å². The molecule has 0 bridgehead atoms. The van der Waals surface area contributed by atoms with E-state index in [1.807, 2.05) is 31.2 Å². The predicted octanol–water partition coefficient (Wildman–Crippen LogP) is 4.96. The van der Waals surface area contributed by atoms with Crippen molar-refractivity contribution in [3.8, 4) is 17.2 Å². The second kappa shape index (κ2) is 7.00. The minimum atomic E-state index is -1.07. The first-order valence-electron chi connectivity index (χ1n) is 8.57. The zero-order valence-corrected chi connectivity index (χ0v) is 15.0. The zero-order chi connectivity index (χ0) is 19.7. The Morgan fingerprint density at radius 1 is 1.11 bits per heavy atom. The lowest BCUT2D eigenvalue weighted by Crippen LogP contribution is -1.97. The van der Waals surface area contributed by atoms with Gasteiger partial charge in [0.25, 0.3) is 0 Å². The number of carbonyl (C=O) groups is 1. The van der Waals surface area contributed by atoms with Gasteiger partial charge in [0.05, 0.1) is 11.3 Å². The third-order valence-corrected chi connectivity index (χ3v) is 4.26. The fraction of sp³-hybridized carbons (Fsp3) is 0.0455. The zero-order valence-electron chi connectivity index (χ0n) is 15.0. The van der Waals surface area contributed by atoms with E-state index in [0.717, 1.165) is 11.1 Å². The molecule has 6 nitrogen and oxygen atoms in total. The van der Waals surface area contributed by atoms with Crippen LogP contribution in [0, 0.1) is 6.92 Å². The van der Waals surface area contributed by atoms with E-state index >= 15 is 0 Å². The van der Waals surface area contributed by atoms with Gasteiger partial charge in [0.15, 0.2) is 5.58 Å². The number of benzene rings is 3. The van der Waals surface area contributed by atoms with Crippen LogP contribution >= 0.6 is 0 Å². The summed E-state index contributed by atoms with van der Waals surface area (Å²) >= 11 is 0. The Kier molecular flexibility index (Phi) is 4.37. The standard InChI is InChI=1S/C22H16N2O4/c1-13-3-2-4-14(9-13)21-24-18-11-17(6-8-20(18)28-21)23-12-16-10-15(22(26)27)5-7-19(16)25/h2-12,25H,1H3,(H,26,27). The van der Waals surface area contributed by atoms with Gasteiger partial charge in [0.2, 0.25) is 5.89 Å². The Hall–Kier alpha value is -3.93. The number of fused-ring (bicyclic) bond motifs is 1. The van der Waals surface area contributed by atoms with Gasteiger partial charge in [-0.15, -0.1) is 0 Å². The van der Waals surface area contributed by atoms with Gasteiger partial charge in [0.1, 0.15) is 11.3 Å². The number of phenols is 1. The molecule has 0 spiro atoms. The molecule has 0 saturated carbocycles. The molecular formula is C22H16N2O4. The summed E-state index contributed by atoms with van der Waals surface area (Å²) in [5.41, 5.74) is 4.33. The second-order valence-corrected chi connectivity index (χ2v) is 6.38. The first-order chi connectivity index (χ1) is 13.5. The molecule has 0 amide bonds. The number of phenolic OH excluding ortho intramolecular Hbond substituents is 1. The van der Waals surface area contributed by atoms with Crippen molar-refractivity contribution in [3.63, 3.8) is 0 Å². The molecule has 0 aliphatic rings. The van der Waals surface area contributed by atoms with Crippen LogP contribution in [0.5, 0.6) is 5.75 Å². The largest absolute Gasteiger partial charge is 0.507 e. The Labute approximate surface area is 160 Å². The molecule has 1 heterocycles. The monoisotopic (exact) mass is 372 g/mol. The van der Waals surface area contributed by atoms with Gasteiger partial charge in [0, 0.05) is 17.3 Å². The van der Waals surface area contributed by atoms with Gasteiger partial charge in [-0.05, 0) is 55.5 Å². The van der Waals surface area contributed by atoms with Gasteiger partial charge in [-0.2, -0.15) is 0 Å². The Bertz CT molecular complexity index is 1220. The lowest BCUT2D eigenvalue weighted by Gasteiger charge is -2.00. The maximum atomic E-state index is 11.1. The van der Waals surface area contributed by atoms with Crippen molar-refractivity contribution >= 4 is 29.0 Å². The van der Waals surface area contributed by atoms with Crippen molar-refractivity contribution in [1.82, 2.24) is 4.98 Å². The molecule has 6 heteroatoms. The quantitative estimate of drug-likeness (QED) is 0.494. The SMILES string of the molecule is Cc1cccc(-c2nc3cc(N=Cc4cc(C(=O)O)ccc4O)ccc3o2)c1. The molecule has 28 heavy (non-hydrogen) atoms. The first kappa shape index (κ1) is 17.5.